The summed E-state index contributed by atoms with van der Waals surface area (Å²) in [5.41, 5.74) is 5.46. The Morgan fingerprint density at radius 2 is 1.64 bits per heavy atom. The number of carbonyl (C=O) groups is 1. The Morgan fingerprint density at radius 3 is 2.36 bits per heavy atom. The lowest BCUT2D eigenvalue weighted by atomic mass is 10.0. The van der Waals surface area contributed by atoms with E-state index in [4.69, 9.17) is 10.2 Å². The maximum absolute atomic E-state index is 12.5. The Morgan fingerprint density at radius 1 is 0.955 bits per heavy atom. The molecule has 0 heterocycles. The van der Waals surface area contributed by atoms with Gasteiger partial charge in [-0.2, -0.15) is 0 Å². The molecule has 0 fully saturated rings. The SMILES string of the molecule is O=C(c1ccc2c(c1)Cc1ccccc1-2)N(CCO)CCO. The number of carbonyl (C=O) groups excluding carboxylic acids is 1. The van der Waals surface area contributed by atoms with Gasteiger partial charge in [0, 0.05) is 18.7 Å². The Balaban J connectivity index is 1.89. The number of fused-ring (bicyclic) bond motifs is 3. The van der Waals surface area contributed by atoms with E-state index < -0.39 is 0 Å². The molecule has 0 aliphatic heterocycles. The molecule has 0 bridgehead atoms. The number of hydrogen-bond acceptors (Lipinski definition) is 3. The monoisotopic (exact) mass is 297 g/mol. The highest BCUT2D eigenvalue weighted by molar-refractivity contribution is 5.95. The van der Waals surface area contributed by atoms with Gasteiger partial charge in [-0.05, 0) is 40.8 Å². The molecule has 2 aromatic rings. The van der Waals surface area contributed by atoms with Crippen LogP contribution in [0.4, 0.5) is 0 Å². The van der Waals surface area contributed by atoms with Crippen LogP contribution >= 0.6 is 0 Å². The van der Waals surface area contributed by atoms with E-state index in [9.17, 15) is 4.79 Å². The molecule has 0 aromatic heterocycles. The average Bonchev–Trinajstić information content (AvgIpc) is 2.91. The van der Waals surface area contributed by atoms with E-state index >= 15 is 0 Å². The van der Waals surface area contributed by atoms with Crippen molar-refractivity contribution < 1.29 is 15.0 Å². The fraction of sp³-hybridized carbons (Fsp3) is 0.278. The molecule has 3 rings (SSSR count). The first kappa shape index (κ1) is 14.8. The maximum atomic E-state index is 12.5. The van der Waals surface area contributed by atoms with Crippen molar-refractivity contribution in [1.29, 1.82) is 0 Å². The van der Waals surface area contributed by atoms with Crippen LogP contribution in [0.15, 0.2) is 42.5 Å². The summed E-state index contributed by atoms with van der Waals surface area (Å²) < 4.78 is 0. The zero-order valence-corrected chi connectivity index (χ0v) is 12.3. The lowest BCUT2D eigenvalue weighted by molar-refractivity contribution is 0.0685. The van der Waals surface area contributed by atoms with Gasteiger partial charge in [-0.25, -0.2) is 0 Å². The molecule has 2 N–H and O–H groups in total. The van der Waals surface area contributed by atoms with Gasteiger partial charge in [-0.3, -0.25) is 4.79 Å². The number of rotatable bonds is 5. The first-order chi connectivity index (χ1) is 10.7. The van der Waals surface area contributed by atoms with Crippen LogP contribution in [0.2, 0.25) is 0 Å². The molecule has 0 spiro atoms. The zero-order valence-electron chi connectivity index (χ0n) is 12.3. The van der Waals surface area contributed by atoms with E-state index in [0.717, 1.165) is 12.0 Å². The van der Waals surface area contributed by atoms with Crippen molar-refractivity contribution in [2.75, 3.05) is 26.3 Å². The minimum absolute atomic E-state index is 0.109. The van der Waals surface area contributed by atoms with Crippen molar-refractivity contribution in [2.45, 2.75) is 6.42 Å². The summed E-state index contributed by atoms with van der Waals surface area (Å²) in [4.78, 5) is 14.0. The van der Waals surface area contributed by atoms with Crippen molar-refractivity contribution in [3.8, 4) is 11.1 Å². The maximum Gasteiger partial charge on any atom is 0.254 e. The molecule has 0 atom stereocenters. The average molecular weight is 297 g/mol. The second-order valence-corrected chi connectivity index (χ2v) is 5.45. The van der Waals surface area contributed by atoms with Crippen LogP contribution in [0, 0.1) is 0 Å². The van der Waals surface area contributed by atoms with Crippen LogP contribution in [0.3, 0.4) is 0 Å². The Hall–Kier alpha value is -2.17. The molecule has 2 aromatic carbocycles. The molecule has 0 saturated heterocycles. The topological polar surface area (TPSA) is 60.8 Å². The van der Waals surface area contributed by atoms with Crippen LogP contribution in [0.1, 0.15) is 21.5 Å². The molecule has 114 valence electrons. The molecule has 0 radical (unpaired) electrons. The Kier molecular flexibility index (Phi) is 4.22. The summed E-state index contributed by atoms with van der Waals surface area (Å²) in [6.45, 7) is 0.248. The van der Waals surface area contributed by atoms with Gasteiger partial charge in [0.25, 0.3) is 5.91 Å². The predicted octanol–water partition coefficient (Wildman–Crippen LogP) is 1.68. The number of aliphatic hydroxyl groups is 2. The lowest BCUT2D eigenvalue weighted by Gasteiger charge is -2.21. The van der Waals surface area contributed by atoms with E-state index in [1.54, 1.807) is 0 Å². The van der Waals surface area contributed by atoms with Crippen molar-refractivity contribution >= 4 is 5.91 Å². The van der Waals surface area contributed by atoms with E-state index in [-0.39, 0.29) is 32.2 Å². The molecule has 4 nitrogen and oxygen atoms in total. The van der Waals surface area contributed by atoms with Crippen molar-refractivity contribution in [1.82, 2.24) is 4.90 Å². The van der Waals surface area contributed by atoms with Crippen LogP contribution in [0.5, 0.6) is 0 Å². The number of hydrogen-bond donors (Lipinski definition) is 2. The molecule has 1 aliphatic carbocycles. The zero-order chi connectivity index (χ0) is 15.5. The van der Waals surface area contributed by atoms with Crippen molar-refractivity contribution in [3.05, 3.63) is 59.2 Å². The second-order valence-electron chi connectivity index (χ2n) is 5.45. The van der Waals surface area contributed by atoms with Gasteiger partial charge in [0.05, 0.1) is 13.2 Å². The minimum atomic E-state index is -0.151. The van der Waals surface area contributed by atoms with Gasteiger partial charge in [-0.15, -0.1) is 0 Å². The molecule has 22 heavy (non-hydrogen) atoms. The quantitative estimate of drug-likeness (QED) is 0.753. The van der Waals surface area contributed by atoms with Crippen molar-refractivity contribution in [2.24, 2.45) is 0 Å². The smallest absolute Gasteiger partial charge is 0.254 e. The lowest BCUT2D eigenvalue weighted by Crippen LogP contribution is -2.35. The molecule has 0 unspecified atom stereocenters. The highest BCUT2D eigenvalue weighted by Gasteiger charge is 2.21. The van der Waals surface area contributed by atoms with Crippen LogP contribution < -0.4 is 0 Å². The summed E-state index contributed by atoms with van der Waals surface area (Å²) in [7, 11) is 0. The molecule has 0 saturated carbocycles. The summed E-state index contributed by atoms with van der Waals surface area (Å²) >= 11 is 0. The molecular formula is C18H19NO3. The van der Waals surface area contributed by atoms with Crippen molar-refractivity contribution in [3.63, 3.8) is 0 Å². The first-order valence-electron chi connectivity index (χ1n) is 7.47. The summed E-state index contributed by atoms with van der Waals surface area (Å²) in [5.74, 6) is -0.151. The third kappa shape index (κ3) is 2.63. The molecule has 1 aliphatic rings. The van der Waals surface area contributed by atoms with Crippen LogP contribution in [-0.2, 0) is 6.42 Å². The molecular weight excluding hydrogens is 278 g/mol. The van der Waals surface area contributed by atoms with Gasteiger partial charge in [-0.1, -0.05) is 30.3 Å². The van der Waals surface area contributed by atoms with E-state index in [0.29, 0.717) is 5.56 Å². The van der Waals surface area contributed by atoms with E-state index in [1.165, 1.54) is 21.6 Å². The van der Waals surface area contributed by atoms with Gasteiger partial charge >= 0.3 is 0 Å². The normalized spacial score (nSPS) is 11.9. The van der Waals surface area contributed by atoms with Gasteiger partial charge in [0.2, 0.25) is 0 Å². The van der Waals surface area contributed by atoms with Crippen LogP contribution in [0.25, 0.3) is 11.1 Å². The minimum Gasteiger partial charge on any atom is -0.395 e. The van der Waals surface area contributed by atoms with Gasteiger partial charge < -0.3 is 15.1 Å². The fourth-order valence-electron chi connectivity index (χ4n) is 3.02. The van der Waals surface area contributed by atoms with Gasteiger partial charge in [0.1, 0.15) is 0 Å². The molecule has 4 heteroatoms. The number of benzene rings is 2. The number of nitrogens with zero attached hydrogens (tertiary/aromatic N) is 1. The summed E-state index contributed by atoms with van der Waals surface area (Å²) in [6, 6.07) is 14.0. The summed E-state index contributed by atoms with van der Waals surface area (Å²) in [5, 5.41) is 18.1. The van der Waals surface area contributed by atoms with E-state index in [1.807, 2.05) is 30.3 Å². The Bertz CT molecular complexity index is 690. The fourth-order valence-corrected chi connectivity index (χ4v) is 3.02. The second kappa shape index (κ2) is 6.30. The van der Waals surface area contributed by atoms with E-state index in [2.05, 4.69) is 12.1 Å². The highest BCUT2D eigenvalue weighted by Crippen LogP contribution is 2.36. The van der Waals surface area contributed by atoms with Gasteiger partial charge in [0.15, 0.2) is 0 Å². The Labute approximate surface area is 129 Å². The first-order valence-corrected chi connectivity index (χ1v) is 7.47. The predicted molar refractivity (Wildman–Crippen MR) is 84.8 cm³/mol. The highest BCUT2D eigenvalue weighted by atomic mass is 16.3. The number of amides is 1. The van der Waals surface area contributed by atoms with Crippen LogP contribution in [-0.4, -0.2) is 47.3 Å². The largest absolute Gasteiger partial charge is 0.395 e. The third-order valence-corrected chi connectivity index (χ3v) is 4.07. The third-order valence-electron chi connectivity index (χ3n) is 4.07. The molecule has 1 amide bonds. The summed E-state index contributed by atoms with van der Waals surface area (Å²) in [6.07, 6.45) is 0.840. The standard InChI is InChI=1S/C18H19NO3/c20-9-7-19(8-10-21)18(22)14-5-6-17-15(12-14)11-13-3-1-2-4-16(13)17/h1-6,12,20-21H,7-11H2. The number of aliphatic hydroxyl groups excluding tert-OH is 2.